The van der Waals surface area contributed by atoms with Crippen molar-refractivity contribution in [2.45, 2.75) is 6.42 Å². The molecule has 0 radical (unpaired) electrons. The summed E-state index contributed by atoms with van der Waals surface area (Å²) in [6.45, 7) is 3.51. The molecule has 2 rings (SSSR count). The molecule has 2 saturated heterocycles. The quantitative estimate of drug-likeness (QED) is 0.490. The van der Waals surface area contributed by atoms with E-state index in [2.05, 4.69) is 10.1 Å². The van der Waals surface area contributed by atoms with Gasteiger partial charge in [0.05, 0.1) is 5.71 Å². The predicted molar refractivity (Wildman–Crippen MR) is 39.0 cm³/mol. The van der Waals surface area contributed by atoms with Crippen molar-refractivity contribution in [1.82, 2.24) is 4.90 Å². The molecule has 0 aromatic carbocycles. The predicted octanol–water partition coefficient (Wildman–Crippen LogP) is 0.324. The second-order valence-corrected chi connectivity index (χ2v) is 2.99. The fraction of sp³-hybridized carbons (Fsp3) is 0.857. The molecule has 0 saturated carbocycles. The largest absolute Gasteiger partial charge is 0.399 e. The summed E-state index contributed by atoms with van der Waals surface area (Å²) in [4.78, 5) is 7.16. The molecule has 2 unspecified atom stereocenters. The minimum atomic E-state index is 0.708. The Bertz CT molecular complexity index is 167. The first-order valence-electron chi connectivity index (χ1n) is 3.72. The van der Waals surface area contributed by atoms with Crippen molar-refractivity contribution in [3.05, 3.63) is 0 Å². The van der Waals surface area contributed by atoms with Crippen molar-refractivity contribution in [2.75, 3.05) is 26.7 Å². The zero-order chi connectivity index (χ0) is 6.97. The molecule has 3 heteroatoms. The monoisotopic (exact) mass is 140 g/mol. The first-order chi connectivity index (χ1) is 4.90. The van der Waals surface area contributed by atoms with E-state index in [4.69, 9.17) is 4.84 Å². The molecule has 0 spiro atoms. The van der Waals surface area contributed by atoms with Crippen LogP contribution in [0.3, 0.4) is 0 Å². The molecule has 2 aliphatic heterocycles. The van der Waals surface area contributed by atoms with E-state index >= 15 is 0 Å². The highest BCUT2D eigenvalue weighted by Gasteiger charge is 2.35. The fourth-order valence-electron chi connectivity index (χ4n) is 1.83. The number of piperidine rings is 1. The van der Waals surface area contributed by atoms with Gasteiger partial charge in [-0.1, -0.05) is 5.16 Å². The zero-order valence-corrected chi connectivity index (χ0v) is 6.21. The Morgan fingerprint density at radius 3 is 3.10 bits per heavy atom. The van der Waals surface area contributed by atoms with E-state index in [0.29, 0.717) is 5.92 Å². The van der Waals surface area contributed by atoms with Crippen LogP contribution >= 0.6 is 0 Å². The Kier molecular flexibility index (Phi) is 1.38. The highest BCUT2D eigenvalue weighted by Crippen LogP contribution is 2.25. The number of oxime groups is 1. The molecule has 10 heavy (non-hydrogen) atoms. The van der Waals surface area contributed by atoms with Crippen molar-refractivity contribution >= 4 is 5.71 Å². The normalized spacial score (nSPS) is 41.1. The highest BCUT2D eigenvalue weighted by molar-refractivity contribution is 5.91. The minimum absolute atomic E-state index is 0.708. The van der Waals surface area contributed by atoms with Crippen molar-refractivity contribution in [1.29, 1.82) is 0 Å². The van der Waals surface area contributed by atoms with Gasteiger partial charge in [0.1, 0.15) is 7.11 Å². The van der Waals surface area contributed by atoms with Crippen LogP contribution in [0.4, 0.5) is 0 Å². The molecule has 3 nitrogen and oxygen atoms in total. The fourth-order valence-corrected chi connectivity index (χ4v) is 1.83. The summed E-state index contributed by atoms with van der Waals surface area (Å²) >= 11 is 0. The molecule has 2 atom stereocenters. The summed E-state index contributed by atoms with van der Waals surface area (Å²) in [5.74, 6) is 0.708. The molecule has 0 N–H and O–H groups in total. The van der Waals surface area contributed by atoms with Crippen molar-refractivity contribution < 1.29 is 4.84 Å². The second-order valence-electron chi connectivity index (χ2n) is 2.99. The Labute approximate surface area is 60.6 Å². The minimum Gasteiger partial charge on any atom is -0.399 e. The van der Waals surface area contributed by atoms with Crippen LogP contribution in [0.2, 0.25) is 0 Å². The van der Waals surface area contributed by atoms with Crippen LogP contribution in [0.5, 0.6) is 0 Å². The number of fused-ring (bicyclic) bond motifs is 2. The third-order valence-electron chi connectivity index (χ3n) is 2.34. The molecule has 56 valence electrons. The maximum atomic E-state index is 4.74. The van der Waals surface area contributed by atoms with Gasteiger partial charge in [-0.15, -0.1) is 0 Å². The molecule has 2 heterocycles. The molecule has 2 fully saturated rings. The summed E-state index contributed by atoms with van der Waals surface area (Å²) in [7, 11) is 1.62. The molecule has 0 aliphatic carbocycles. The summed E-state index contributed by atoms with van der Waals surface area (Å²) in [6, 6.07) is 0. The standard InChI is InChI=1S/C7H12N2O/c1-10-8-7-5-9-3-2-6(7)4-9/h6H,2-5H2,1H3/b8-7+. The first-order valence-corrected chi connectivity index (χ1v) is 3.72. The SMILES string of the molecule is CO/N=C1\CN2CCC1C2. The Balaban J connectivity index is 2.08. The lowest BCUT2D eigenvalue weighted by atomic mass is 10.0. The third-order valence-corrected chi connectivity index (χ3v) is 2.34. The van der Waals surface area contributed by atoms with Gasteiger partial charge in [-0.3, -0.25) is 4.90 Å². The van der Waals surface area contributed by atoms with Crippen LogP contribution in [-0.4, -0.2) is 37.4 Å². The lowest BCUT2D eigenvalue weighted by Crippen LogP contribution is -2.23. The number of hydrogen-bond acceptors (Lipinski definition) is 3. The number of nitrogens with zero attached hydrogens (tertiary/aromatic N) is 2. The van der Waals surface area contributed by atoms with Gasteiger partial charge in [0, 0.05) is 19.0 Å². The van der Waals surface area contributed by atoms with Gasteiger partial charge in [-0.2, -0.15) is 0 Å². The smallest absolute Gasteiger partial charge is 0.106 e. The topological polar surface area (TPSA) is 24.8 Å². The number of hydrogen-bond donors (Lipinski definition) is 0. The van der Waals surface area contributed by atoms with E-state index in [1.165, 1.54) is 25.2 Å². The van der Waals surface area contributed by atoms with Crippen LogP contribution in [0, 0.1) is 5.92 Å². The van der Waals surface area contributed by atoms with E-state index in [0.717, 1.165) is 6.54 Å². The summed E-state index contributed by atoms with van der Waals surface area (Å²) in [5.41, 5.74) is 1.24. The van der Waals surface area contributed by atoms with Gasteiger partial charge in [-0.25, -0.2) is 0 Å². The Hall–Kier alpha value is -0.570. The lowest BCUT2D eigenvalue weighted by Gasteiger charge is -2.11. The van der Waals surface area contributed by atoms with Crippen LogP contribution < -0.4 is 0 Å². The van der Waals surface area contributed by atoms with Crippen LogP contribution in [0.25, 0.3) is 0 Å². The average molecular weight is 140 g/mol. The molecular formula is C7H12N2O. The third kappa shape index (κ3) is 0.814. The van der Waals surface area contributed by atoms with Crippen LogP contribution in [-0.2, 0) is 4.84 Å². The maximum absolute atomic E-state index is 4.74. The van der Waals surface area contributed by atoms with E-state index in [1.54, 1.807) is 7.11 Å². The molecule has 0 aromatic heterocycles. The van der Waals surface area contributed by atoms with Crippen LogP contribution in [0.15, 0.2) is 5.16 Å². The number of rotatable bonds is 1. The molecule has 0 aromatic rings. The Morgan fingerprint density at radius 1 is 1.70 bits per heavy atom. The van der Waals surface area contributed by atoms with Crippen molar-refractivity contribution in [3.8, 4) is 0 Å². The molecular weight excluding hydrogens is 128 g/mol. The van der Waals surface area contributed by atoms with Gasteiger partial charge in [0.25, 0.3) is 0 Å². The van der Waals surface area contributed by atoms with Gasteiger partial charge < -0.3 is 4.84 Å². The first kappa shape index (κ1) is 6.16. The van der Waals surface area contributed by atoms with Crippen LogP contribution in [0.1, 0.15) is 6.42 Å². The molecule has 2 aliphatic rings. The van der Waals surface area contributed by atoms with Crippen molar-refractivity contribution in [2.24, 2.45) is 11.1 Å². The summed E-state index contributed by atoms with van der Waals surface area (Å²) in [5, 5.41) is 3.98. The van der Waals surface area contributed by atoms with E-state index < -0.39 is 0 Å². The van der Waals surface area contributed by atoms with E-state index in [1.807, 2.05) is 0 Å². The maximum Gasteiger partial charge on any atom is 0.106 e. The Morgan fingerprint density at radius 2 is 2.60 bits per heavy atom. The zero-order valence-electron chi connectivity index (χ0n) is 6.21. The van der Waals surface area contributed by atoms with Gasteiger partial charge in [-0.05, 0) is 13.0 Å². The second kappa shape index (κ2) is 2.23. The highest BCUT2D eigenvalue weighted by atomic mass is 16.6. The summed E-state index contributed by atoms with van der Waals surface area (Å²) < 4.78 is 0. The van der Waals surface area contributed by atoms with Gasteiger partial charge in [0.15, 0.2) is 0 Å². The van der Waals surface area contributed by atoms with Gasteiger partial charge >= 0.3 is 0 Å². The van der Waals surface area contributed by atoms with Gasteiger partial charge in [0.2, 0.25) is 0 Å². The molecule has 0 amide bonds. The average Bonchev–Trinajstić information content (AvgIpc) is 2.48. The van der Waals surface area contributed by atoms with E-state index in [9.17, 15) is 0 Å². The van der Waals surface area contributed by atoms with E-state index in [-0.39, 0.29) is 0 Å². The lowest BCUT2D eigenvalue weighted by molar-refractivity contribution is 0.210. The summed E-state index contributed by atoms with van der Waals surface area (Å²) in [6.07, 6.45) is 1.28. The van der Waals surface area contributed by atoms with Crippen molar-refractivity contribution in [3.63, 3.8) is 0 Å². The molecule has 2 bridgehead atoms.